The van der Waals surface area contributed by atoms with Crippen molar-refractivity contribution in [2.75, 3.05) is 26.2 Å². The topological polar surface area (TPSA) is 44.4 Å². The molecule has 4 nitrogen and oxygen atoms in total. The van der Waals surface area contributed by atoms with Gasteiger partial charge in [0.25, 0.3) is 0 Å². The van der Waals surface area contributed by atoms with E-state index in [2.05, 4.69) is 50.2 Å². The highest BCUT2D eigenvalue weighted by atomic mass is 16.1. The van der Waals surface area contributed by atoms with Crippen LogP contribution >= 0.6 is 0 Å². The summed E-state index contributed by atoms with van der Waals surface area (Å²) in [5.74, 6) is 0.0903. The van der Waals surface area contributed by atoms with Gasteiger partial charge in [-0.1, -0.05) is 6.92 Å². The fourth-order valence-electron chi connectivity index (χ4n) is 1.85. The van der Waals surface area contributed by atoms with Crippen LogP contribution in [-0.4, -0.2) is 49.1 Å². The highest BCUT2D eigenvalue weighted by Crippen LogP contribution is 2.02. The van der Waals surface area contributed by atoms with Crippen molar-refractivity contribution in [3.63, 3.8) is 0 Å². The average molecular weight is 243 g/mol. The number of amides is 1. The summed E-state index contributed by atoms with van der Waals surface area (Å²) >= 11 is 0. The van der Waals surface area contributed by atoms with E-state index in [4.69, 9.17) is 0 Å². The van der Waals surface area contributed by atoms with Gasteiger partial charge in [0.05, 0.1) is 6.54 Å². The molecule has 0 aliphatic heterocycles. The minimum absolute atomic E-state index is 0.0903. The molecule has 0 heterocycles. The van der Waals surface area contributed by atoms with Gasteiger partial charge in [-0.15, -0.1) is 0 Å². The molecule has 0 aromatic carbocycles. The maximum absolute atomic E-state index is 11.3. The Morgan fingerprint density at radius 3 is 2.18 bits per heavy atom. The van der Waals surface area contributed by atoms with E-state index >= 15 is 0 Å². The molecule has 2 N–H and O–H groups in total. The third-order valence-electron chi connectivity index (χ3n) is 2.73. The van der Waals surface area contributed by atoms with Crippen molar-refractivity contribution in [3.8, 4) is 0 Å². The summed E-state index contributed by atoms with van der Waals surface area (Å²) in [6.45, 7) is 13.9. The first-order chi connectivity index (χ1) is 7.99. The summed E-state index contributed by atoms with van der Waals surface area (Å²) in [5.41, 5.74) is 0. The standard InChI is InChI=1S/C13H29N3O/c1-6-7-15-13(17)10-14-8-9-16(11(2)3)12(4)5/h11-12,14H,6-10H2,1-5H3,(H,15,17). The lowest BCUT2D eigenvalue weighted by Gasteiger charge is -2.30. The Labute approximate surface area is 106 Å². The maximum Gasteiger partial charge on any atom is 0.233 e. The van der Waals surface area contributed by atoms with Crippen LogP contribution in [0.2, 0.25) is 0 Å². The third-order valence-corrected chi connectivity index (χ3v) is 2.73. The van der Waals surface area contributed by atoms with Gasteiger partial charge in [0.15, 0.2) is 0 Å². The molecule has 1 amide bonds. The Balaban J connectivity index is 3.65. The van der Waals surface area contributed by atoms with Crippen LogP contribution in [0.15, 0.2) is 0 Å². The van der Waals surface area contributed by atoms with Crippen LogP contribution in [0, 0.1) is 0 Å². The zero-order valence-electron chi connectivity index (χ0n) is 12.0. The fourth-order valence-corrected chi connectivity index (χ4v) is 1.85. The van der Waals surface area contributed by atoms with E-state index in [1.165, 1.54) is 0 Å². The number of nitrogens with one attached hydrogen (secondary N) is 2. The number of nitrogens with zero attached hydrogens (tertiary/aromatic N) is 1. The van der Waals surface area contributed by atoms with Crippen molar-refractivity contribution in [1.29, 1.82) is 0 Å². The fraction of sp³-hybridized carbons (Fsp3) is 0.923. The van der Waals surface area contributed by atoms with E-state index in [9.17, 15) is 4.79 Å². The summed E-state index contributed by atoms with van der Waals surface area (Å²) in [6, 6.07) is 1.09. The molecular weight excluding hydrogens is 214 g/mol. The third kappa shape index (κ3) is 8.16. The Morgan fingerprint density at radius 1 is 1.12 bits per heavy atom. The van der Waals surface area contributed by atoms with Crippen molar-refractivity contribution >= 4 is 5.91 Å². The Hall–Kier alpha value is -0.610. The van der Waals surface area contributed by atoms with Gasteiger partial charge in [0.2, 0.25) is 5.91 Å². The number of hydrogen-bond donors (Lipinski definition) is 2. The molecule has 0 atom stereocenters. The first kappa shape index (κ1) is 16.4. The van der Waals surface area contributed by atoms with Crippen molar-refractivity contribution < 1.29 is 4.79 Å². The van der Waals surface area contributed by atoms with Gasteiger partial charge < -0.3 is 10.6 Å². The molecule has 0 unspecified atom stereocenters. The van der Waals surface area contributed by atoms with E-state index in [1.807, 2.05) is 0 Å². The van der Waals surface area contributed by atoms with Crippen molar-refractivity contribution in [2.24, 2.45) is 0 Å². The molecule has 17 heavy (non-hydrogen) atoms. The minimum atomic E-state index is 0.0903. The molecule has 0 aromatic heterocycles. The predicted octanol–water partition coefficient (Wildman–Crippen LogP) is 1.22. The zero-order chi connectivity index (χ0) is 13.3. The molecule has 102 valence electrons. The second-order valence-corrected chi connectivity index (χ2v) is 4.95. The average Bonchev–Trinajstić information content (AvgIpc) is 2.24. The van der Waals surface area contributed by atoms with Crippen LogP contribution in [-0.2, 0) is 4.79 Å². The summed E-state index contributed by atoms with van der Waals surface area (Å²) in [4.78, 5) is 13.7. The molecular formula is C13H29N3O. The number of carbonyl (C=O) groups excluding carboxylic acids is 1. The molecule has 0 fully saturated rings. The maximum atomic E-state index is 11.3. The first-order valence-corrected chi connectivity index (χ1v) is 6.72. The molecule has 0 saturated carbocycles. The number of hydrogen-bond acceptors (Lipinski definition) is 3. The minimum Gasteiger partial charge on any atom is -0.355 e. The highest BCUT2D eigenvalue weighted by Gasteiger charge is 2.12. The molecule has 0 radical (unpaired) electrons. The first-order valence-electron chi connectivity index (χ1n) is 6.72. The van der Waals surface area contributed by atoms with Gasteiger partial charge in [-0.05, 0) is 34.1 Å². The van der Waals surface area contributed by atoms with E-state index < -0.39 is 0 Å². The van der Waals surface area contributed by atoms with Crippen LogP contribution in [0.25, 0.3) is 0 Å². The van der Waals surface area contributed by atoms with E-state index in [0.29, 0.717) is 18.6 Å². The van der Waals surface area contributed by atoms with Crippen molar-refractivity contribution in [3.05, 3.63) is 0 Å². The number of rotatable bonds is 9. The molecule has 0 aliphatic carbocycles. The largest absolute Gasteiger partial charge is 0.355 e. The quantitative estimate of drug-likeness (QED) is 0.599. The van der Waals surface area contributed by atoms with Gasteiger partial charge in [0.1, 0.15) is 0 Å². The summed E-state index contributed by atoms with van der Waals surface area (Å²) in [7, 11) is 0. The van der Waals surface area contributed by atoms with Crippen LogP contribution < -0.4 is 10.6 Å². The second-order valence-electron chi connectivity index (χ2n) is 4.95. The number of carbonyl (C=O) groups is 1. The van der Waals surface area contributed by atoms with Gasteiger partial charge in [-0.3, -0.25) is 9.69 Å². The van der Waals surface area contributed by atoms with Crippen LogP contribution in [0.5, 0.6) is 0 Å². The zero-order valence-corrected chi connectivity index (χ0v) is 12.0. The summed E-state index contributed by atoms with van der Waals surface area (Å²) in [5, 5.41) is 6.03. The molecule has 0 aliphatic rings. The van der Waals surface area contributed by atoms with Crippen LogP contribution in [0.3, 0.4) is 0 Å². The molecule has 0 spiro atoms. The van der Waals surface area contributed by atoms with Crippen molar-refractivity contribution in [1.82, 2.24) is 15.5 Å². The van der Waals surface area contributed by atoms with Crippen LogP contribution in [0.1, 0.15) is 41.0 Å². The summed E-state index contributed by atoms with van der Waals surface area (Å²) < 4.78 is 0. The smallest absolute Gasteiger partial charge is 0.233 e. The van der Waals surface area contributed by atoms with Gasteiger partial charge >= 0.3 is 0 Å². The van der Waals surface area contributed by atoms with E-state index in [0.717, 1.165) is 26.1 Å². The van der Waals surface area contributed by atoms with Gasteiger partial charge in [-0.2, -0.15) is 0 Å². The SMILES string of the molecule is CCCNC(=O)CNCCN(C(C)C)C(C)C. The molecule has 4 heteroatoms. The molecule has 0 aromatic rings. The van der Waals surface area contributed by atoms with Crippen LogP contribution in [0.4, 0.5) is 0 Å². The Kier molecular flexibility index (Phi) is 9.09. The lowest BCUT2D eigenvalue weighted by molar-refractivity contribution is -0.120. The predicted molar refractivity (Wildman–Crippen MR) is 73.1 cm³/mol. The Bertz CT molecular complexity index is 197. The second kappa shape index (κ2) is 9.42. The Morgan fingerprint density at radius 2 is 1.71 bits per heavy atom. The van der Waals surface area contributed by atoms with Gasteiger partial charge in [0, 0.05) is 31.7 Å². The van der Waals surface area contributed by atoms with Gasteiger partial charge in [-0.25, -0.2) is 0 Å². The van der Waals surface area contributed by atoms with E-state index in [1.54, 1.807) is 0 Å². The lowest BCUT2D eigenvalue weighted by atomic mass is 10.2. The van der Waals surface area contributed by atoms with E-state index in [-0.39, 0.29) is 5.91 Å². The molecule has 0 saturated heterocycles. The summed E-state index contributed by atoms with van der Waals surface area (Å²) in [6.07, 6.45) is 0.986. The molecule has 0 rings (SSSR count). The normalized spacial score (nSPS) is 11.5. The monoisotopic (exact) mass is 243 g/mol. The molecule has 0 bridgehead atoms. The highest BCUT2D eigenvalue weighted by molar-refractivity contribution is 5.77. The van der Waals surface area contributed by atoms with Crippen molar-refractivity contribution in [2.45, 2.75) is 53.1 Å². The lowest BCUT2D eigenvalue weighted by Crippen LogP contribution is -2.43.